The predicted octanol–water partition coefficient (Wildman–Crippen LogP) is 15.1. The first-order valence-corrected chi connectivity index (χ1v) is 21.5. The Labute approximate surface area is 293 Å². The largest absolute Gasteiger partial charge is 0.330 e. The molecule has 0 aliphatic carbocycles. The van der Waals surface area contributed by atoms with Gasteiger partial charge < -0.3 is 11.5 Å². The fraction of sp³-hybridized carbons (Fsp3) is 0.909. The predicted molar refractivity (Wildman–Crippen MR) is 214 cm³/mol. The summed E-state index contributed by atoms with van der Waals surface area (Å²) < 4.78 is 0. The molecular formula is C44H90N2. The molecule has 0 aromatic rings. The maximum Gasteiger partial charge on any atom is -0.00773 e. The SMILES string of the molecule is CCCCCCCC/C=C\CCCCCCCCCCCCN.CCCCCCCC/C=C\CCCCCCCCCCCCN. The van der Waals surface area contributed by atoms with Crippen LogP contribution in [0, 0.1) is 0 Å². The van der Waals surface area contributed by atoms with E-state index < -0.39 is 0 Å². The summed E-state index contributed by atoms with van der Waals surface area (Å²) in [7, 11) is 0. The molecule has 276 valence electrons. The summed E-state index contributed by atoms with van der Waals surface area (Å²) in [6.07, 6.45) is 59.7. The Bertz CT molecular complexity index is 492. The molecule has 0 aromatic heterocycles. The maximum absolute atomic E-state index is 5.50. The molecule has 0 aromatic carbocycles. The van der Waals surface area contributed by atoms with Gasteiger partial charge in [-0.2, -0.15) is 0 Å². The number of hydrogen-bond donors (Lipinski definition) is 2. The molecule has 0 bridgehead atoms. The topological polar surface area (TPSA) is 52.0 Å². The number of rotatable bonds is 38. The fourth-order valence-electron chi connectivity index (χ4n) is 6.20. The molecule has 2 nitrogen and oxygen atoms in total. The molecule has 0 fully saturated rings. The molecule has 0 saturated carbocycles. The van der Waals surface area contributed by atoms with Crippen LogP contribution in [0.25, 0.3) is 0 Å². The van der Waals surface area contributed by atoms with Crippen molar-refractivity contribution in [2.45, 2.75) is 245 Å². The van der Waals surface area contributed by atoms with Crippen molar-refractivity contribution >= 4 is 0 Å². The Balaban J connectivity index is 0. The van der Waals surface area contributed by atoms with Gasteiger partial charge >= 0.3 is 0 Å². The first kappa shape index (κ1) is 47.5. The molecule has 0 amide bonds. The van der Waals surface area contributed by atoms with Crippen LogP contribution in [0.5, 0.6) is 0 Å². The Morgan fingerprint density at radius 3 is 0.609 bits per heavy atom. The lowest BCUT2D eigenvalue weighted by atomic mass is 10.1. The molecule has 2 heteroatoms. The summed E-state index contributed by atoms with van der Waals surface area (Å²) in [6, 6.07) is 0. The van der Waals surface area contributed by atoms with Crippen LogP contribution >= 0.6 is 0 Å². The molecule has 0 atom stereocenters. The summed E-state index contributed by atoms with van der Waals surface area (Å²) in [5.41, 5.74) is 11.0. The van der Waals surface area contributed by atoms with Crippen LogP contribution in [-0.2, 0) is 0 Å². The van der Waals surface area contributed by atoms with Crippen LogP contribution in [0.2, 0.25) is 0 Å². The zero-order valence-corrected chi connectivity index (χ0v) is 32.3. The van der Waals surface area contributed by atoms with Crippen LogP contribution in [-0.4, -0.2) is 13.1 Å². The van der Waals surface area contributed by atoms with Crippen molar-refractivity contribution in [3.05, 3.63) is 24.3 Å². The van der Waals surface area contributed by atoms with Gasteiger partial charge in [-0.3, -0.25) is 0 Å². The zero-order valence-electron chi connectivity index (χ0n) is 32.3. The third-order valence-electron chi connectivity index (χ3n) is 9.43. The van der Waals surface area contributed by atoms with Crippen LogP contribution in [0.3, 0.4) is 0 Å². The van der Waals surface area contributed by atoms with Gasteiger partial charge in [-0.25, -0.2) is 0 Å². The van der Waals surface area contributed by atoms with E-state index in [2.05, 4.69) is 38.2 Å². The lowest BCUT2D eigenvalue weighted by molar-refractivity contribution is 0.554. The third kappa shape index (κ3) is 50.3. The molecule has 46 heavy (non-hydrogen) atoms. The van der Waals surface area contributed by atoms with Gasteiger partial charge in [0.15, 0.2) is 0 Å². The number of allylic oxidation sites excluding steroid dienone is 4. The van der Waals surface area contributed by atoms with E-state index >= 15 is 0 Å². The van der Waals surface area contributed by atoms with Crippen LogP contribution in [0.15, 0.2) is 24.3 Å². The summed E-state index contributed by atoms with van der Waals surface area (Å²) in [4.78, 5) is 0. The normalized spacial score (nSPS) is 11.6. The highest BCUT2D eigenvalue weighted by Gasteiger charge is 1.94. The Kier molecular flexibility index (Phi) is 50.4. The van der Waals surface area contributed by atoms with Gasteiger partial charge in [-0.05, 0) is 77.3 Å². The van der Waals surface area contributed by atoms with E-state index in [1.807, 2.05) is 0 Å². The van der Waals surface area contributed by atoms with Gasteiger partial charge in [0.25, 0.3) is 0 Å². The van der Waals surface area contributed by atoms with Crippen molar-refractivity contribution in [1.82, 2.24) is 0 Å². The second kappa shape index (κ2) is 48.8. The molecule has 0 rings (SSSR count). The van der Waals surface area contributed by atoms with E-state index in [0.717, 1.165) is 13.1 Å². The zero-order chi connectivity index (χ0) is 33.7. The molecule has 0 saturated heterocycles. The van der Waals surface area contributed by atoms with E-state index in [4.69, 9.17) is 11.5 Å². The first-order chi connectivity index (χ1) is 22.8. The van der Waals surface area contributed by atoms with Crippen LogP contribution in [0.4, 0.5) is 0 Å². The lowest BCUT2D eigenvalue weighted by Gasteiger charge is -2.01. The Morgan fingerprint density at radius 1 is 0.239 bits per heavy atom. The Hall–Kier alpha value is -0.600. The van der Waals surface area contributed by atoms with Gasteiger partial charge in [0.1, 0.15) is 0 Å². The monoisotopic (exact) mass is 647 g/mol. The fourth-order valence-corrected chi connectivity index (χ4v) is 6.20. The average molecular weight is 647 g/mol. The van der Waals surface area contributed by atoms with E-state index in [-0.39, 0.29) is 0 Å². The van der Waals surface area contributed by atoms with E-state index in [9.17, 15) is 0 Å². The van der Waals surface area contributed by atoms with Crippen molar-refractivity contribution in [1.29, 1.82) is 0 Å². The molecule has 0 spiro atoms. The highest BCUT2D eigenvalue weighted by atomic mass is 14.5. The first-order valence-electron chi connectivity index (χ1n) is 21.5. The molecule has 0 aliphatic rings. The highest BCUT2D eigenvalue weighted by Crippen LogP contribution is 2.14. The number of hydrogen-bond acceptors (Lipinski definition) is 2. The van der Waals surface area contributed by atoms with E-state index in [1.165, 1.54) is 231 Å². The molecule has 0 aliphatic heterocycles. The van der Waals surface area contributed by atoms with Gasteiger partial charge in [-0.15, -0.1) is 0 Å². The van der Waals surface area contributed by atoms with E-state index in [1.54, 1.807) is 0 Å². The van der Waals surface area contributed by atoms with Crippen molar-refractivity contribution in [2.24, 2.45) is 11.5 Å². The van der Waals surface area contributed by atoms with Gasteiger partial charge in [0, 0.05) is 0 Å². The second-order valence-corrected chi connectivity index (χ2v) is 14.3. The van der Waals surface area contributed by atoms with Gasteiger partial charge in [-0.1, -0.05) is 205 Å². The van der Waals surface area contributed by atoms with Crippen molar-refractivity contribution < 1.29 is 0 Å². The standard InChI is InChI=1S/2C22H45N/c2*1-2-3-4-5-6-7-8-9-10-11-12-13-14-15-16-17-18-19-20-21-22-23/h2*9-10H,2-8,11-23H2,1H3/b2*10-9-. The maximum atomic E-state index is 5.50. The summed E-state index contributed by atoms with van der Waals surface area (Å²) in [6.45, 7) is 6.31. The second-order valence-electron chi connectivity index (χ2n) is 14.3. The van der Waals surface area contributed by atoms with Crippen molar-refractivity contribution in [2.75, 3.05) is 13.1 Å². The molecule has 4 N–H and O–H groups in total. The average Bonchev–Trinajstić information content (AvgIpc) is 3.07. The highest BCUT2D eigenvalue weighted by molar-refractivity contribution is 4.82. The third-order valence-corrected chi connectivity index (χ3v) is 9.43. The summed E-state index contributed by atoms with van der Waals surface area (Å²) >= 11 is 0. The number of nitrogens with two attached hydrogens (primary N) is 2. The van der Waals surface area contributed by atoms with Crippen molar-refractivity contribution in [3.8, 4) is 0 Å². The molecule has 0 heterocycles. The Morgan fingerprint density at radius 2 is 0.413 bits per heavy atom. The summed E-state index contributed by atoms with van der Waals surface area (Å²) in [5.74, 6) is 0. The van der Waals surface area contributed by atoms with E-state index in [0.29, 0.717) is 0 Å². The van der Waals surface area contributed by atoms with Crippen LogP contribution < -0.4 is 11.5 Å². The molecule has 0 radical (unpaired) electrons. The summed E-state index contributed by atoms with van der Waals surface area (Å²) in [5, 5.41) is 0. The van der Waals surface area contributed by atoms with Crippen LogP contribution in [0.1, 0.15) is 245 Å². The van der Waals surface area contributed by atoms with Gasteiger partial charge in [0.05, 0.1) is 0 Å². The van der Waals surface area contributed by atoms with Gasteiger partial charge in [0.2, 0.25) is 0 Å². The smallest absolute Gasteiger partial charge is 0.00773 e. The number of unbranched alkanes of at least 4 members (excludes halogenated alkanes) is 32. The molecular weight excluding hydrogens is 556 g/mol. The minimum absolute atomic E-state index is 0.868. The van der Waals surface area contributed by atoms with Crippen molar-refractivity contribution in [3.63, 3.8) is 0 Å². The lowest BCUT2D eigenvalue weighted by Crippen LogP contribution is -1.97. The minimum atomic E-state index is 0.868. The quantitative estimate of drug-likeness (QED) is 0.0518. The minimum Gasteiger partial charge on any atom is -0.330 e. The molecule has 0 unspecified atom stereocenters.